The predicted octanol–water partition coefficient (Wildman–Crippen LogP) is 2.81. The van der Waals surface area contributed by atoms with Crippen molar-refractivity contribution in [1.29, 1.82) is 0 Å². The number of hydrogen-bond donors (Lipinski definition) is 0. The van der Waals surface area contributed by atoms with Gasteiger partial charge in [0.2, 0.25) is 5.91 Å². The number of carbonyl (C=O) groups excluding carboxylic acids is 1. The third-order valence-corrected chi connectivity index (χ3v) is 3.92. The quantitative estimate of drug-likeness (QED) is 0.713. The van der Waals surface area contributed by atoms with Gasteiger partial charge in [-0.15, -0.1) is 0 Å². The lowest BCUT2D eigenvalue weighted by molar-refractivity contribution is -0.136. The Morgan fingerprint density at radius 3 is 2.64 bits per heavy atom. The van der Waals surface area contributed by atoms with Crippen LogP contribution in [0.5, 0.6) is 0 Å². The van der Waals surface area contributed by atoms with Gasteiger partial charge in [0, 0.05) is 23.8 Å². The molecule has 1 fully saturated rings. The van der Waals surface area contributed by atoms with Crippen LogP contribution in [0.4, 0.5) is 0 Å². The van der Waals surface area contributed by atoms with Gasteiger partial charge in [0.15, 0.2) is 0 Å². The Balaban J connectivity index is 2.58. The fraction of sp³-hybridized carbons (Fsp3) is 0.909. The number of amides is 1. The van der Waals surface area contributed by atoms with E-state index in [-0.39, 0.29) is 5.92 Å². The van der Waals surface area contributed by atoms with Crippen molar-refractivity contribution in [2.75, 3.05) is 11.9 Å². The fourth-order valence-electron chi connectivity index (χ4n) is 2.16. The highest BCUT2D eigenvalue weighted by Crippen LogP contribution is 2.23. The minimum absolute atomic E-state index is 0.245. The Morgan fingerprint density at radius 2 is 2.14 bits per heavy atom. The third kappa shape index (κ3) is 2.50. The summed E-state index contributed by atoms with van der Waals surface area (Å²) in [5.74, 6) is 0.617. The molecule has 82 valence electrons. The van der Waals surface area contributed by atoms with E-state index >= 15 is 0 Å². The third-order valence-electron chi connectivity index (χ3n) is 3.17. The fourth-order valence-corrected chi connectivity index (χ4v) is 2.83. The summed E-state index contributed by atoms with van der Waals surface area (Å²) in [6.07, 6.45) is 4.28. The molecule has 0 aromatic heterocycles. The number of hydrogen-bond acceptors (Lipinski definition) is 1. The normalized spacial score (nSPS) is 22.0. The predicted molar refractivity (Wildman–Crippen MR) is 62.6 cm³/mol. The summed E-state index contributed by atoms with van der Waals surface area (Å²) in [4.78, 5) is 14.2. The lowest BCUT2D eigenvalue weighted by Gasteiger charge is -2.26. The number of carbonyl (C=O) groups is 1. The van der Waals surface area contributed by atoms with Crippen LogP contribution in [0.2, 0.25) is 0 Å². The first-order chi connectivity index (χ1) is 6.74. The van der Waals surface area contributed by atoms with Crippen molar-refractivity contribution in [2.45, 2.75) is 45.6 Å². The molecule has 0 aliphatic carbocycles. The van der Waals surface area contributed by atoms with Crippen molar-refractivity contribution in [3.63, 3.8) is 0 Å². The van der Waals surface area contributed by atoms with E-state index < -0.39 is 0 Å². The smallest absolute Gasteiger partial charge is 0.225 e. The van der Waals surface area contributed by atoms with Gasteiger partial charge in [-0.3, -0.25) is 4.79 Å². The molecule has 0 bridgehead atoms. The Labute approximate surface area is 95.2 Å². The highest BCUT2D eigenvalue weighted by Gasteiger charge is 2.30. The molecular formula is C11H20BrNO. The van der Waals surface area contributed by atoms with E-state index in [0.717, 1.165) is 31.1 Å². The Hall–Kier alpha value is -0.0500. The average molecular weight is 262 g/mol. The van der Waals surface area contributed by atoms with E-state index in [4.69, 9.17) is 0 Å². The van der Waals surface area contributed by atoms with Gasteiger partial charge in [-0.25, -0.2) is 0 Å². The molecule has 0 aromatic rings. The van der Waals surface area contributed by atoms with E-state index in [1.807, 2.05) is 0 Å². The minimum Gasteiger partial charge on any atom is -0.339 e. The second-order valence-electron chi connectivity index (χ2n) is 4.00. The molecule has 1 saturated heterocycles. The zero-order chi connectivity index (χ0) is 10.6. The molecule has 1 unspecified atom stereocenters. The first kappa shape index (κ1) is 12.0. The summed E-state index contributed by atoms with van der Waals surface area (Å²) in [7, 11) is 0. The van der Waals surface area contributed by atoms with Gasteiger partial charge in [-0.05, 0) is 25.7 Å². The molecule has 1 rings (SSSR count). The van der Waals surface area contributed by atoms with Crippen LogP contribution in [0.1, 0.15) is 39.5 Å². The summed E-state index contributed by atoms with van der Waals surface area (Å²) < 4.78 is 0. The molecule has 0 saturated carbocycles. The maximum absolute atomic E-state index is 12.1. The maximum Gasteiger partial charge on any atom is 0.225 e. The summed E-state index contributed by atoms with van der Waals surface area (Å²) in [6.45, 7) is 5.17. The molecule has 1 aliphatic rings. The highest BCUT2D eigenvalue weighted by molar-refractivity contribution is 9.09. The van der Waals surface area contributed by atoms with Crippen molar-refractivity contribution in [2.24, 2.45) is 5.92 Å². The number of halogens is 1. The summed E-state index contributed by atoms with van der Waals surface area (Å²) in [5, 5.41) is 0.929. The SMILES string of the molecule is CCC(CC)C(=O)N1CCCC1CBr. The Morgan fingerprint density at radius 1 is 1.50 bits per heavy atom. The van der Waals surface area contributed by atoms with Gasteiger partial charge >= 0.3 is 0 Å². The number of rotatable bonds is 4. The monoisotopic (exact) mass is 261 g/mol. The summed E-state index contributed by atoms with van der Waals surface area (Å²) in [6, 6.07) is 0.447. The average Bonchev–Trinajstić information content (AvgIpc) is 2.67. The van der Waals surface area contributed by atoms with Gasteiger partial charge in [-0.2, -0.15) is 0 Å². The lowest BCUT2D eigenvalue weighted by atomic mass is 10.0. The zero-order valence-electron chi connectivity index (χ0n) is 9.13. The van der Waals surface area contributed by atoms with Crippen molar-refractivity contribution in [3.05, 3.63) is 0 Å². The van der Waals surface area contributed by atoms with Gasteiger partial charge in [0.05, 0.1) is 0 Å². The van der Waals surface area contributed by atoms with Gasteiger partial charge in [0.1, 0.15) is 0 Å². The van der Waals surface area contributed by atoms with Crippen LogP contribution >= 0.6 is 15.9 Å². The van der Waals surface area contributed by atoms with Crippen LogP contribution in [0.3, 0.4) is 0 Å². The molecule has 1 atom stereocenters. The second kappa shape index (κ2) is 5.74. The van der Waals surface area contributed by atoms with Crippen molar-refractivity contribution in [1.82, 2.24) is 4.90 Å². The topological polar surface area (TPSA) is 20.3 Å². The van der Waals surface area contributed by atoms with E-state index in [1.165, 1.54) is 6.42 Å². The van der Waals surface area contributed by atoms with Crippen LogP contribution in [0.15, 0.2) is 0 Å². The van der Waals surface area contributed by atoms with Crippen molar-refractivity contribution < 1.29 is 4.79 Å². The molecule has 0 N–H and O–H groups in total. The first-order valence-corrected chi connectivity index (χ1v) is 6.73. The van der Waals surface area contributed by atoms with Gasteiger partial charge < -0.3 is 4.90 Å². The van der Waals surface area contributed by atoms with Gasteiger partial charge in [-0.1, -0.05) is 29.8 Å². The molecule has 0 radical (unpaired) electrons. The second-order valence-corrected chi connectivity index (χ2v) is 4.64. The lowest BCUT2D eigenvalue weighted by Crippen LogP contribution is -2.40. The molecule has 1 aliphatic heterocycles. The van der Waals surface area contributed by atoms with E-state index in [9.17, 15) is 4.79 Å². The Bertz CT molecular complexity index is 192. The van der Waals surface area contributed by atoms with Crippen LogP contribution in [0.25, 0.3) is 0 Å². The standard InChI is InChI=1S/C11H20BrNO/c1-3-9(4-2)11(14)13-7-5-6-10(13)8-12/h9-10H,3-8H2,1-2H3. The van der Waals surface area contributed by atoms with Crippen molar-refractivity contribution >= 4 is 21.8 Å². The van der Waals surface area contributed by atoms with E-state index in [1.54, 1.807) is 0 Å². The van der Waals surface area contributed by atoms with Crippen LogP contribution in [-0.4, -0.2) is 28.7 Å². The van der Waals surface area contributed by atoms with E-state index in [2.05, 4.69) is 34.7 Å². The zero-order valence-corrected chi connectivity index (χ0v) is 10.7. The van der Waals surface area contributed by atoms with Crippen LogP contribution in [-0.2, 0) is 4.79 Å². The molecule has 0 aromatic carbocycles. The molecule has 1 heterocycles. The number of nitrogens with zero attached hydrogens (tertiary/aromatic N) is 1. The first-order valence-electron chi connectivity index (χ1n) is 5.61. The van der Waals surface area contributed by atoms with E-state index in [0.29, 0.717) is 11.9 Å². The molecule has 1 amide bonds. The summed E-state index contributed by atoms with van der Waals surface area (Å²) >= 11 is 3.48. The maximum atomic E-state index is 12.1. The van der Waals surface area contributed by atoms with Gasteiger partial charge in [0.25, 0.3) is 0 Å². The number of alkyl halides is 1. The summed E-state index contributed by atoms with van der Waals surface area (Å²) in [5.41, 5.74) is 0. The van der Waals surface area contributed by atoms with Crippen LogP contribution < -0.4 is 0 Å². The molecule has 3 heteroatoms. The minimum atomic E-state index is 0.245. The highest BCUT2D eigenvalue weighted by atomic mass is 79.9. The Kier molecular flexibility index (Phi) is 4.93. The molecule has 14 heavy (non-hydrogen) atoms. The molecule has 2 nitrogen and oxygen atoms in total. The number of likely N-dealkylation sites (tertiary alicyclic amines) is 1. The van der Waals surface area contributed by atoms with Crippen molar-refractivity contribution in [3.8, 4) is 0 Å². The molecular weight excluding hydrogens is 242 g/mol. The van der Waals surface area contributed by atoms with Crippen LogP contribution in [0, 0.1) is 5.92 Å². The largest absolute Gasteiger partial charge is 0.339 e. The molecule has 0 spiro atoms.